The molecule has 0 unspecified atom stereocenters. The fourth-order valence-corrected chi connectivity index (χ4v) is 4.43. The van der Waals surface area contributed by atoms with Crippen LogP contribution in [-0.4, -0.2) is 65.0 Å². The van der Waals surface area contributed by atoms with Gasteiger partial charge in [-0.3, -0.25) is 4.90 Å². The van der Waals surface area contributed by atoms with E-state index in [1.54, 1.807) is 0 Å². The van der Waals surface area contributed by atoms with Crippen LogP contribution in [0.3, 0.4) is 0 Å². The Morgan fingerprint density at radius 3 is 2.75 bits per heavy atom. The SMILES string of the molecule is CS(=O)(=O)N[C@@H]1CCN(Cc2c(Cl)cccc2N2CCOCC2)C1. The van der Waals surface area contributed by atoms with Gasteiger partial charge >= 0.3 is 0 Å². The highest BCUT2D eigenvalue weighted by atomic mass is 35.5. The summed E-state index contributed by atoms with van der Waals surface area (Å²) in [5.41, 5.74) is 2.27. The third-order valence-corrected chi connectivity index (χ3v) is 5.60. The Bertz CT molecular complexity index is 677. The van der Waals surface area contributed by atoms with Crippen molar-refractivity contribution < 1.29 is 13.2 Å². The van der Waals surface area contributed by atoms with E-state index in [2.05, 4.69) is 20.6 Å². The highest BCUT2D eigenvalue weighted by Crippen LogP contribution is 2.30. The van der Waals surface area contributed by atoms with Crippen LogP contribution in [0.4, 0.5) is 5.69 Å². The monoisotopic (exact) mass is 373 g/mol. The second kappa shape index (κ2) is 7.58. The van der Waals surface area contributed by atoms with Crippen LogP contribution in [-0.2, 0) is 21.3 Å². The first-order chi connectivity index (χ1) is 11.4. The van der Waals surface area contributed by atoms with E-state index >= 15 is 0 Å². The Hall–Kier alpha value is -0.860. The Kier molecular flexibility index (Phi) is 5.66. The van der Waals surface area contributed by atoms with Gasteiger partial charge in [0, 0.05) is 55.0 Å². The average Bonchev–Trinajstić information content (AvgIpc) is 2.95. The zero-order valence-electron chi connectivity index (χ0n) is 13.9. The van der Waals surface area contributed by atoms with Crippen LogP contribution in [0.25, 0.3) is 0 Å². The Morgan fingerprint density at radius 1 is 1.29 bits per heavy atom. The molecule has 1 N–H and O–H groups in total. The molecule has 3 rings (SSSR count). The summed E-state index contributed by atoms with van der Waals surface area (Å²) in [5.74, 6) is 0. The molecule has 2 aliphatic heterocycles. The van der Waals surface area contributed by atoms with Crippen molar-refractivity contribution in [3.8, 4) is 0 Å². The number of nitrogens with one attached hydrogen (secondary N) is 1. The lowest BCUT2D eigenvalue weighted by Crippen LogP contribution is -2.38. The van der Waals surface area contributed by atoms with E-state index < -0.39 is 10.0 Å². The molecule has 24 heavy (non-hydrogen) atoms. The van der Waals surface area contributed by atoms with Crippen LogP contribution in [0.15, 0.2) is 18.2 Å². The number of morpholine rings is 1. The molecule has 0 aliphatic carbocycles. The van der Waals surface area contributed by atoms with Crippen molar-refractivity contribution >= 4 is 27.3 Å². The number of anilines is 1. The maximum atomic E-state index is 11.4. The van der Waals surface area contributed by atoms with Gasteiger partial charge in [0.25, 0.3) is 0 Å². The van der Waals surface area contributed by atoms with Gasteiger partial charge in [-0.05, 0) is 18.6 Å². The van der Waals surface area contributed by atoms with Crippen molar-refractivity contribution in [1.29, 1.82) is 0 Å². The predicted octanol–water partition coefficient (Wildman–Crippen LogP) is 1.30. The van der Waals surface area contributed by atoms with Crippen LogP contribution >= 0.6 is 11.6 Å². The number of halogens is 1. The summed E-state index contributed by atoms with van der Waals surface area (Å²) in [7, 11) is -3.16. The fraction of sp³-hybridized carbons (Fsp3) is 0.625. The van der Waals surface area contributed by atoms with E-state index in [4.69, 9.17) is 16.3 Å². The standard InChI is InChI=1S/C16H24ClN3O3S/c1-24(21,22)18-13-5-6-19(11-13)12-14-15(17)3-2-4-16(14)20-7-9-23-10-8-20/h2-4,13,18H,5-12H2,1H3/t13-/m1/s1. The molecule has 2 heterocycles. The molecular formula is C16H24ClN3O3S. The third-order valence-electron chi connectivity index (χ3n) is 4.48. The Balaban J connectivity index is 1.71. The van der Waals surface area contributed by atoms with Crippen LogP contribution in [0, 0.1) is 0 Å². The first-order valence-electron chi connectivity index (χ1n) is 8.22. The maximum absolute atomic E-state index is 11.4. The van der Waals surface area contributed by atoms with Crippen molar-refractivity contribution in [3.63, 3.8) is 0 Å². The van der Waals surface area contributed by atoms with Crippen LogP contribution in [0.1, 0.15) is 12.0 Å². The van der Waals surface area contributed by atoms with Gasteiger partial charge in [0.15, 0.2) is 0 Å². The van der Waals surface area contributed by atoms with Gasteiger partial charge in [-0.15, -0.1) is 0 Å². The first-order valence-corrected chi connectivity index (χ1v) is 10.5. The molecule has 6 nitrogen and oxygen atoms in total. The van der Waals surface area contributed by atoms with E-state index in [0.29, 0.717) is 6.54 Å². The lowest BCUT2D eigenvalue weighted by molar-refractivity contribution is 0.122. The predicted molar refractivity (Wildman–Crippen MR) is 96.1 cm³/mol. The minimum Gasteiger partial charge on any atom is -0.378 e. The van der Waals surface area contributed by atoms with E-state index in [1.807, 2.05) is 12.1 Å². The second-order valence-electron chi connectivity index (χ2n) is 6.45. The zero-order valence-corrected chi connectivity index (χ0v) is 15.4. The van der Waals surface area contributed by atoms with E-state index in [-0.39, 0.29) is 6.04 Å². The van der Waals surface area contributed by atoms with Gasteiger partial charge in [-0.25, -0.2) is 13.1 Å². The number of hydrogen-bond acceptors (Lipinski definition) is 5. The summed E-state index contributed by atoms with van der Waals surface area (Å²) < 4.78 is 30.9. The quantitative estimate of drug-likeness (QED) is 0.843. The molecule has 2 aliphatic rings. The average molecular weight is 374 g/mol. The highest BCUT2D eigenvalue weighted by Gasteiger charge is 2.26. The van der Waals surface area contributed by atoms with Crippen molar-refractivity contribution in [3.05, 3.63) is 28.8 Å². The number of nitrogens with zero attached hydrogens (tertiary/aromatic N) is 2. The van der Waals surface area contributed by atoms with Gasteiger partial charge < -0.3 is 9.64 Å². The third kappa shape index (κ3) is 4.61. The molecule has 0 spiro atoms. The number of likely N-dealkylation sites (tertiary alicyclic amines) is 1. The van der Waals surface area contributed by atoms with Gasteiger partial charge in [0.2, 0.25) is 10.0 Å². The molecule has 134 valence electrons. The van der Waals surface area contributed by atoms with Crippen LogP contribution in [0.2, 0.25) is 5.02 Å². The molecule has 2 saturated heterocycles. The van der Waals surface area contributed by atoms with E-state index in [0.717, 1.165) is 62.1 Å². The smallest absolute Gasteiger partial charge is 0.208 e. The maximum Gasteiger partial charge on any atom is 0.208 e. The summed E-state index contributed by atoms with van der Waals surface area (Å²) in [4.78, 5) is 4.57. The van der Waals surface area contributed by atoms with E-state index in [9.17, 15) is 8.42 Å². The van der Waals surface area contributed by atoms with E-state index in [1.165, 1.54) is 6.26 Å². The summed E-state index contributed by atoms with van der Waals surface area (Å²) in [6.07, 6.45) is 2.03. The summed E-state index contributed by atoms with van der Waals surface area (Å²) in [5, 5.41) is 0.763. The molecule has 0 saturated carbocycles. The van der Waals surface area contributed by atoms with Gasteiger partial charge in [-0.2, -0.15) is 0 Å². The summed E-state index contributed by atoms with van der Waals surface area (Å²) in [6, 6.07) is 5.99. The number of hydrogen-bond donors (Lipinski definition) is 1. The first kappa shape index (κ1) is 17.9. The molecule has 1 aromatic carbocycles. The molecule has 1 atom stereocenters. The lowest BCUT2D eigenvalue weighted by atomic mass is 10.1. The molecule has 0 radical (unpaired) electrons. The summed E-state index contributed by atoms with van der Waals surface area (Å²) >= 11 is 6.47. The van der Waals surface area contributed by atoms with Crippen molar-refractivity contribution in [2.24, 2.45) is 0 Å². The second-order valence-corrected chi connectivity index (χ2v) is 8.63. The number of rotatable bonds is 5. The minimum absolute atomic E-state index is 0.0191. The van der Waals surface area contributed by atoms with Crippen molar-refractivity contribution in [1.82, 2.24) is 9.62 Å². The number of sulfonamides is 1. The van der Waals surface area contributed by atoms with Crippen molar-refractivity contribution in [2.45, 2.75) is 19.0 Å². The fourth-order valence-electron chi connectivity index (χ4n) is 3.40. The normalized spacial score (nSPS) is 22.9. The number of ether oxygens (including phenoxy) is 1. The van der Waals surface area contributed by atoms with Crippen LogP contribution < -0.4 is 9.62 Å². The molecule has 0 aromatic heterocycles. The molecule has 1 aromatic rings. The highest BCUT2D eigenvalue weighted by molar-refractivity contribution is 7.88. The van der Waals surface area contributed by atoms with Gasteiger partial charge in [-0.1, -0.05) is 17.7 Å². The Morgan fingerprint density at radius 2 is 2.04 bits per heavy atom. The van der Waals surface area contributed by atoms with Gasteiger partial charge in [0.1, 0.15) is 0 Å². The zero-order chi connectivity index (χ0) is 17.2. The molecule has 0 amide bonds. The molecule has 8 heteroatoms. The largest absolute Gasteiger partial charge is 0.378 e. The number of benzene rings is 1. The topological polar surface area (TPSA) is 61.9 Å². The summed E-state index contributed by atoms with van der Waals surface area (Å²) in [6.45, 7) is 5.50. The molecular weight excluding hydrogens is 350 g/mol. The Labute approximate surface area is 148 Å². The van der Waals surface area contributed by atoms with Gasteiger partial charge in [0.05, 0.1) is 19.5 Å². The van der Waals surface area contributed by atoms with Crippen molar-refractivity contribution in [2.75, 3.05) is 50.5 Å². The van der Waals surface area contributed by atoms with Crippen LogP contribution in [0.5, 0.6) is 0 Å². The molecule has 0 bridgehead atoms. The lowest BCUT2D eigenvalue weighted by Gasteiger charge is -2.32. The molecule has 2 fully saturated rings. The minimum atomic E-state index is -3.16.